The van der Waals surface area contributed by atoms with Crippen LogP contribution in [0.1, 0.15) is 22.8 Å². The van der Waals surface area contributed by atoms with Gasteiger partial charge in [0.2, 0.25) is 0 Å². The quantitative estimate of drug-likeness (QED) is 0.648. The first-order valence-corrected chi connectivity index (χ1v) is 8.01. The number of amides is 1. The van der Waals surface area contributed by atoms with Gasteiger partial charge in [-0.2, -0.15) is 10.2 Å². The summed E-state index contributed by atoms with van der Waals surface area (Å²) < 4.78 is 15.9. The highest BCUT2D eigenvalue weighted by molar-refractivity contribution is 5.93. The van der Waals surface area contributed by atoms with Crippen molar-refractivity contribution in [1.82, 2.24) is 15.1 Å². The van der Waals surface area contributed by atoms with Crippen molar-refractivity contribution in [2.75, 3.05) is 27.4 Å². The molecule has 0 atom stereocenters. The van der Waals surface area contributed by atoms with Crippen LogP contribution in [0.5, 0.6) is 5.75 Å². The molecule has 0 aliphatic carbocycles. The van der Waals surface area contributed by atoms with Crippen LogP contribution in [-0.2, 0) is 16.0 Å². The lowest BCUT2D eigenvalue weighted by atomic mass is 10.2. The van der Waals surface area contributed by atoms with E-state index in [9.17, 15) is 4.79 Å². The van der Waals surface area contributed by atoms with Crippen LogP contribution >= 0.6 is 0 Å². The van der Waals surface area contributed by atoms with Crippen molar-refractivity contribution < 1.29 is 19.0 Å². The Bertz CT molecular complexity index is 645. The molecule has 0 saturated heterocycles. The summed E-state index contributed by atoms with van der Waals surface area (Å²) >= 11 is 0. The van der Waals surface area contributed by atoms with E-state index in [0.717, 1.165) is 11.3 Å². The Hall–Kier alpha value is -2.51. The van der Waals surface area contributed by atoms with Crippen LogP contribution in [0.15, 0.2) is 42.7 Å². The molecule has 1 heterocycles. The summed E-state index contributed by atoms with van der Waals surface area (Å²) in [6.07, 6.45) is 2.43. The normalized spacial score (nSPS) is 10.7. The fourth-order valence-corrected chi connectivity index (χ4v) is 2.32. The molecule has 0 N–H and O–H groups in total. The summed E-state index contributed by atoms with van der Waals surface area (Å²) in [5.74, 6) is 0.636. The molecule has 1 aromatic heterocycles. The molecular formula is C18H23N3O4. The third-order valence-electron chi connectivity index (χ3n) is 3.62. The molecule has 0 unspecified atom stereocenters. The molecule has 0 saturated carbocycles. The first kappa shape index (κ1) is 18.8. The first-order chi connectivity index (χ1) is 12.2. The summed E-state index contributed by atoms with van der Waals surface area (Å²) in [5, 5.41) is 7.48. The molecule has 0 aliphatic rings. The maximum absolute atomic E-state index is 12.8. The second-order valence-corrected chi connectivity index (χ2v) is 5.29. The predicted octanol–water partition coefficient (Wildman–Crippen LogP) is 2.14. The highest BCUT2D eigenvalue weighted by Crippen LogP contribution is 2.15. The summed E-state index contributed by atoms with van der Waals surface area (Å²) in [7, 11) is 3.09. The highest BCUT2D eigenvalue weighted by atomic mass is 16.7. The SMILES string of the molecule is CCOc1ccc(CN(CC(OC)OC)C(=O)c2ccnnc2)cc1. The van der Waals surface area contributed by atoms with Crippen LogP contribution in [0, 0.1) is 0 Å². The number of rotatable bonds is 9. The number of hydrogen-bond acceptors (Lipinski definition) is 6. The summed E-state index contributed by atoms with van der Waals surface area (Å²) in [4.78, 5) is 14.5. The zero-order chi connectivity index (χ0) is 18.1. The van der Waals surface area contributed by atoms with Gasteiger partial charge in [-0.05, 0) is 30.7 Å². The van der Waals surface area contributed by atoms with Crippen molar-refractivity contribution in [3.8, 4) is 5.75 Å². The first-order valence-electron chi connectivity index (χ1n) is 8.01. The number of carbonyl (C=O) groups is 1. The smallest absolute Gasteiger partial charge is 0.256 e. The topological polar surface area (TPSA) is 73.8 Å². The van der Waals surface area contributed by atoms with Gasteiger partial charge in [0.15, 0.2) is 6.29 Å². The molecule has 0 spiro atoms. The van der Waals surface area contributed by atoms with Crippen LogP contribution in [0.4, 0.5) is 0 Å². The molecule has 7 heteroatoms. The lowest BCUT2D eigenvalue weighted by molar-refractivity contribution is -0.112. The van der Waals surface area contributed by atoms with Gasteiger partial charge >= 0.3 is 0 Å². The van der Waals surface area contributed by atoms with Crippen LogP contribution in [0.3, 0.4) is 0 Å². The van der Waals surface area contributed by atoms with Crippen molar-refractivity contribution in [3.63, 3.8) is 0 Å². The number of aromatic nitrogens is 2. The van der Waals surface area contributed by atoms with Crippen molar-refractivity contribution in [2.24, 2.45) is 0 Å². The minimum Gasteiger partial charge on any atom is -0.494 e. The average Bonchev–Trinajstić information content (AvgIpc) is 2.67. The van der Waals surface area contributed by atoms with E-state index in [-0.39, 0.29) is 5.91 Å². The van der Waals surface area contributed by atoms with Gasteiger partial charge < -0.3 is 19.1 Å². The molecule has 0 bridgehead atoms. The number of benzene rings is 1. The number of nitrogens with zero attached hydrogens (tertiary/aromatic N) is 3. The van der Waals surface area contributed by atoms with Gasteiger partial charge in [0.25, 0.3) is 5.91 Å². The Kier molecular flexibility index (Phi) is 7.31. The van der Waals surface area contributed by atoms with Crippen molar-refractivity contribution in [3.05, 3.63) is 53.9 Å². The zero-order valence-corrected chi connectivity index (χ0v) is 14.7. The van der Waals surface area contributed by atoms with E-state index < -0.39 is 6.29 Å². The predicted molar refractivity (Wildman–Crippen MR) is 92.2 cm³/mol. The van der Waals surface area contributed by atoms with Crippen molar-refractivity contribution >= 4 is 5.91 Å². The van der Waals surface area contributed by atoms with E-state index in [2.05, 4.69) is 10.2 Å². The molecular weight excluding hydrogens is 322 g/mol. The minimum atomic E-state index is -0.513. The number of methoxy groups -OCH3 is 2. The second-order valence-electron chi connectivity index (χ2n) is 5.29. The Morgan fingerprint density at radius 1 is 1.12 bits per heavy atom. The van der Waals surface area contributed by atoms with Gasteiger partial charge in [0, 0.05) is 20.8 Å². The molecule has 0 aliphatic heterocycles. The molecule has 1 aromatic carbocycles. The largest absolute Gasteiger partial charge is 0.494 e. The third-order valence-corrected chi connectivity index (χ3v) is 3.62. The Balaban J connectivity index is 2.17. The fourth-order valence-electron chi connectivity index (χ4n) is 2.32. The molecule has 134 valence electrons. The average molecular weight is 345 g/mol. The lowest BCUT2D eigenvalue weighted by Gasteiger charge is -2.26. The lowest BCUT2D eigenvalue weighted by Crippen LogP contribution is -2.38. The van der Waals surface area contributed by atoms with Gasteiger partial charge in [-0.15, -0.1) is 0 Å². The summed E-state index contributed by atoms with van der Waals surface area (Å²) in [6, 6.07) is 9.28. The molecule has 2 rings (SSSR count). The Morgan fingerprint density at radius 3 is 2.40 bits per heavy atom. The number of ether oxygens (including phenoxy) is 3. The molecule has 1 amide bonds. The van der Waals surface area contributed by atoms with E-state index in [1.165, 1.54) is 12.4 Å². The Morgan fingerprint density at radius 2 is 1.84 bits per heavy atom. The van der Waals surface area contributed by atoms with E-state index >= 15 is 0 Å². The standard InChI is InChI=1S/C18H23N3O4/c1-4-25-16-7-5-14(6-8-16)12-21(13-17(23-2)24-3)18(22)15-9-10-19-20-11-15/h5-11,17H,4,12-13H2,1-3H3. The van der Waals surface area contributed by atoms with E-state index in [1.807, 2.05) is 31.2 Å². The zero-order valence-electron chi connectivity index (χ0n) is 14.7. The van der Waals surface area contributed by atoms with Crippen LogP contribution in [0.2, 0.25) is 0 Å². The fraction of sp³-hybridized carbons (Fsp3) is 0.389. The van der Waals surface area contributed by atoms with E-state index in [1.54, 1.807) is 25.2 Å². The number of hydrogen-bond donors (Lipinski definition) is 0. The molecule has 0 fully saturated rings. The molecule has 7 nitrogen and oxygen atoms in total. The van der Waals surface area contributed by atoms with Gasteiger partial charge in [-0.25, -0.2) is 0 Å². The second kappa shape index (κ2) is 9.71. The van der Waals surface area contributed by atoms with Crippen molar-refractivity contribution in [2.45, 2.75) is 19.8 Å². The number of carbonyl (C=O) groups excluding carboxylic acids is 1. The third kappa shape index (κ3) is 5.51. The van der Waals surface area contributed by atoms with E-state index in [4.69, 9.17) is 14.2 Å². The monoisotopic (exact) mass is 345 g/mol. The molecule has 25 heavy (non-hydrogen) atoms. The van der Waals surface area contributed by atoms with Gasteiger partial charge in [-0.3, -0.25) is 4.79 Å². The maximum Gasteiger partial charge on any atom is 0.256 e. The molecule has 0 radical (unpaired) electrons. The maximum atomic E-state index is 12.8. The van der Waals surface area contributed by atoms with Gasteiger partial charge in [0.1, 0.15) is 5.75 Å². The molecule has 2 aromatic rings. The van der Waals surface area contributed by atoms with Crippen LogP contribution in [-0.4, -0.2) is 54.7 Å². The van der Waals surface area contributed by atoms with Crippen LogP contribution < -0.4 is 4.74 Å². The Labute approximate surface area is 147 Å². The minimum absolute atomic E-state index is 0.164. The van der Waals surface area contributed by atoms with Gasteiger partial charge in [0.05, 0.1) is 31.1 Å². The summed E-state index contributed by atoms with van der Waals surface area (Å²) in [6.45, 7) is 3.26. The summed E-state index contributed by atoms with van der Waals surface area (Å²) in [5.41, 5.74) is 1.44. The van der Waals surface area contributed by atoms with Crippen molar-refractivity contribution in [1.29, 1.82) is 0 Å². The highest BCUT2D eigenvalue weighted by Gasteiger charge is 2.20. The van der Waals surface area contributed by atoms with Gasteiger partial charge in [-0.1, -0.05) is 12.1 Å². The van der Waals surface area contributed by atoms with E-state index in [0.29, 0.717) is 25.3 Å². The van der Waals surface area contributed by atoms with Crippen LogP contribution in [0.25, 0.3) is 0 Å².